The highest BCUT2D eigenvalue weighted by Crippen LogP contribution is 2.39. The molecule has 2 aliphatic carbocycles. The summed E-state index contributed by atoms with van der Waals surface area (Å²) in [5.41, 5.74) is 3.03. The van der Waals surface area contributed by atoms with Crippen LogP contribution in [0.15, 0.2) is 48.5 Å². The highest BCUT2D eigenvalue weighted by molar-refractivity contribution is 5.30. The van der Waals surface area contributed by atoms with Gasteiger partial charge in [0.05, 0.1) is 13.2 Å². The Labute approximate surface area is 246 Å². The van der Waals surface area contributed by atoms with Gasteiger partial charge in [-0.15, -0.1) is 0 Å². The summed E-state index contributed by atoms with van der Waals surface area (Å²) >= 11 is 0. The summed E-state index contributed by atoms with van der Waals surface area (Å²) in [7, 11) is 0. The molecule has 2 saturated carbocycles. The van der Waals surface area contributed by atoms with Gasteiger partial charge in [0.1, 0.15) is 11.5 Å². The van der Waals surface area contributed by atoms with Crippen LogP contribution in [0.2, 0.25) is 0 Å². The van der Waals surface area contributed by atoms with Crippen LogP contribution in [-0.2, 0) is 0 Å². The molecule has 2 fully saturated rings. The van der Waals surface area contributed by atoms with Gasteiger partial charge in [-0.3, -0.25) is 0 Å². The van der Waals surface area contributed by atoms with Crippen LogP contribution in [0.1, 0.15) is 152 Å². The number of unbranched alkanes of at least 4 members (excludes halogenated alkanes) is 5. The van der Waals surface area contributed by atoms with Crippen LogP contribution in [0.25, 0.3) is 0 Å². The normalized spacial score (nSPS) is 23.1. The van der Waals surface area contributed by atoms with E-state index in [4.69, 9.17) is 9.47 Å². The zero-order valence-electron chi connectivity index (χ0n) is 25.9. The summed E-state index contributed by atoms with van der Waals surface area (Å²) in [6.07, 6.45) is 24.0. The standard InChI is InChI=1S/C38H58O2/c1-3-11-31-13-17-33(18-14-31)35-21-25-37(26-22-35)39-29-9-7-5-6-8-10-30-40-38-27-23-36(24-28-38)34-19-15-32(12-4-2)16-20-34/h21-28,31-34H,3-20,29-30H2,1-2H3. The third-order valence-electron chi connectivity index (χ3n) is 9.87. The molecule has 222 valence electrons. The molecule has 2 aliphatic rings. The monoisotopic (exact) mass is 546 g/mol. The molecule has 0 saturated heterocycles. The largest absolute Gasteiger partial charge is 0.494 e. The van der Waals surface area contributed by atoms with Gasteiger partial charge in [0.25, 0.3) is 0 Å². The minimum absolute atomic E-state index is 0.762. The molecule has 0 unspecified atom stereocenters. The minimum atomic E-state index is 0.762. The molecule has 0 heterocycles. The molecule has 2 aromatic carbocycles. The summed E-state index contributed by atoms with van der Waals surface area (Å²) in [6.45, 7) is 6.31. The molecule has 0 atom stereocenters. The highest BCUT2D eigenvalue weighted by atomic mass is 16.5. The molecule has 40 heavy (non-hydrogen) atoms. The Hall–Kier alpha value is -1.96. The maximum absolute atomic E-state index is 6.03. The van der Waals surface area contributed by atoms with Gasteiger partial charge in [-0.2, -0.15) is 0 Å². The topological polar surface area (TPSA) is 18.5 Å². The van der Waals surface area contributed by atoms with E-state index in [9.17, 15) is 0 Å². The number of ether oxygens (including phenoxy) is 2. The molecule has 0 aromatic heterocycles. The third kappa shape index (κ3) is 10.5. The molecular formula is C38H58O2. The quantitative estimate of drug-likeness (QED) is 0.184. The second-order valence-electron chi connectivity index (χ2n) is 13.0. The Kier molecular flexibility index (Phi) is 13.8. The zero-order chi connectivity index (χ0) is 27.8. The fraction of sp³-hybridized carbons (Fsp3) is 0.684. The first kappa shape index (κ1) is 31.0. The third-order valence-corrected chi connectivity index (χ3v) is 9.87. The number of rotatable bonds is 17. The smallest absolute Gasteiger partial charge is 0.119 e. The molecule has 0 bridgehead atoms. The minimum Gasteiger partial charge on any atom is -0.494 e. The lowest BCUT2D eigenvalue weighted by atomic mass is 9.77. The van der Waals surface area contributed by atoms with Gasteiger partial charge in [-0.1, -0.05) is 89.5 Å². The molecule has 2 heteroatoms. The van der Waals surface area contributed by atoms with E-state index in [-0.39, 0.29) is 0 Å². The van der Waals surface area contributed by atoms with Crippen LogP contribution in [0.5, 0.6) is 11.5 Å². The summed E-state index contributed by atoms with van der Waals surface area (Å²) in [6, 6.07) is 18.0. The average molecular weight is 547 g/mol. The Morgan fingerprint density at radius 2 is 0.825 bits per heavy atom. The van der Waals surface area contributed by atoms with Gasteiger partial charge in [-0.05, 0) is 123 Å². The van der Waals surface area contributed by atoms with Crippen LogP contribution in [0.4, 0.5) is 0 Å². The van der Waals surface area contributed by atoms with E-state index >= 15 is 0 Å². The maximum atomic E-state index is 6.03. The van der Waals surface area contributed by atoms with Gasteiger partial charge in [0.15, 0.2) is 0 Å². The van der Waals surface area contributed by atoms with E-state index in [2.05, 4.69) is 62.4 Å². The van der Waals surface area contributed by atoms with Crippen molar-refractivity contribution in [2.24, 2.45) is 11.8 Å². The predicted molar refractivity (Wildman–Crippen MR) is 171 cm³/mol. The lowest BCUT2D eigenvalue weighted by Gasteiger charge is -2.28. The van der Waals surface area contributed by atoms with Gasteiger partial charge >= 0.3 is 0 Å². The molecule has 0 amide bonds. The Morgan fingerprint density at radius 3 is 1.18 bits per heavy atom. The summed E-state index contributed by atoms with van der Waals surface area (Å²) in [5, 5.41) is 0. The maximum Gasteiger partial charge on any atom is 0.119 e. The highest BCUT2D eigenvalue weighted by Gasteiger charge is 2.22. The van der Waals surface area contributed by atoms with E-state index in [1.165, 1.54) is 114 Å². The van der Waals surface area contributed by atoms with Crippen molar-refractivity contribution in [3.05, 3.63) is 59.7 Å². The Balaban J connectivity index is 0.982. The van der Waals surface area contributed by atoms with Gasteiger partial charge < -0.3 is 9.47 Å². The van der Waals surface area contributed by atoms with Crippen molar-refractivity contribution in [3.8, 4) is 11.5 Å². The van der Waals surface area contributed by atoms with Crippen LogP contribution in [-0.4, -0.2) is 13.2 Å². The summed E-state index contributed by atoms with van der Waals surface area (Å²) in [5.74, 6) is 5.55. The first-order valence-electron chi connectivity index (χ1n) is 17.2. The van der Waals surface area contributed by atoms with Crippen LogP contribution >= 0.6 is 0 Å². The molecule has 0 radical (unpaired) electrons. The van der Waals surface area contributed by atoms with Crippen molar-refractivity contribution in [1.29, 1.82) is 0 Å². The van der Waals surface area contributed by atoms with Crippen molar-refractivity contribution in [1.82, 2.24) is 0 Å². The first-order chi connectivity index (χ1) is 19.7. The zero-order valence-corrected chi connectivity index (χ0v) is 25.9. The Morgan fingerprint density at radius 1 is 0.475 bits per heavy atom. The van der Waals surface area contributed by atoms with Crippen LogP contribution < -0.4 is 9.47 Å². The average Bonchev–Trinajstić information content (AvgIpc) is 3.00. The predicted octanol–water partition coefficient (Wildman–Crippen LogP) is 11.6. The van der Waals surface area contributed by atoms with Crippen molar-refractivity contribution in [2.45, 2.75) is 141 Å². The van der Waals surface area contributed by atoms with Crippen LogP contribution in [0.3, 0.4) is 0 Å². The lowest BCUT2D eigenvalue weighted by Crippen LogP contribution is -2.13. The molecule has 4 rings (SSSR count). The first-order valence-corrected chi connectivity index (χ1v) is 17.2. The molecule has 0 aliphatic heterocycles. The van der Waals surface area contributed by atoms with Crippen LogP contribution in [0, 0.1) is 11.8 Å². The van der Waals surface area contributed by atoms with Gasteiger partial charge in [0.2, 0.25) is 0 Å². The molecule has 0 spiro atoms. The van der Waals surface area contributed by atoms with E-state index in [0.717, 1.165) is 61.2 Å². The lowest BCUT2D eigenvalue weighted by molar-refractivity contribution is 0.295. The molecular weight excluding hydrogens is 488 g/mol. The number of benzene rings is 2. The fourth-order valence-electron chi connectivity index (χ4n) is 7.35. The number of hydrogen-bond donors (Lipinski definition) is 0. The van der Waals surface area contributed by atoms with Gasteiger partial charge in [-0.25, -0.2) is 0 Å². The summed E-state index contributed by atoms with van der Waals surface area (Å²) < 4.78 is 12.1. The molecule has 2 nitrogen and oxygen atoms in total. The second kappa shape index (κ2) is 17.8. The van der Waals surface area contributed by atoms with Crippen molar-refractivity contribution in [2.75, 3.05) is 13.2 Å². The van der Waals surface area contributed by atoms with E-state index < -0.39 is 0 Å². The molecule has 2 aromatic rings. The summed E-state index contributed by atoms with van der Waals surface area (Å²) in [4.78, 5) is 0. The van der Waals surface area contributed by atoms with Crippen molar-refractivity contribution >= 4 is 0 Å². The van der Waals surface area contributed by atoms with E-state index in [1.54, 1.807) is 0 Å². The van der Waals surface area contributed by atoms with E-state index in [1.807, 2.05) is 0 Å². The second-order valence-corrected chi connectivity index (χ2v) is 13.0. The Bertz CT molecular complexity index is 824. The van der Waals surface area contributed by atoms with Crippen molar-refractivity contribution in [3.63, 3.8) is 0 Å². The fourth-order valence-corrected chi connectivity index (χ4v) is 7.35. The van der Waals surface area contributed by atoms with E-state index in [0.29, 0.717) is 0 Å². The SMILES string of the molecule is CCCC1CCC(c2ccc(OCCCCCCCCOc3ccc(C4CCC(CCC)CC4)cc3)cc2)CC1. The molecule has 0 N–H and O–H groups in total. The number of hydrogen-bond acceptors (Lipinski definition) is 2. The van der Waals surface area contributed by atoms with Gasteiger partial charge in [0, 0.05) is 0 Å². The van der Waals surface area contributed by atoms with Crippen molar-refractivity contribution < 1.29 is 9.47 Å².